The number of carbonyl (C=O) groups is 6. The predicted molar refractivity (Wildman–Crippen MR) is 248 cm³/mol. The molecule has 6 aliphatic rings. The van der Waals surface area contributed by atoms with E-state index in [1.165, 1.54) is 0 Å². The Bertz CT molecular complexity index is 2800. The summed E-state index contributed by atoms with van der Waals surface area (Å²) in [5.41, 5.74) is 8.48. The predicted octanol–water partition coefficient (Wildman–Crippen LogP) is 5.26. The maximum Gasteiger partial charge on any atom is 0.264 e. The molecule has 1 unspecified atom stereocenters. The van der Waals surface area contributed by atoms with Gasteiger partial charge < -0.3 is 19.3 Å². The molecule has 4 aromatic rings. The zero-order valence-corrected chi connectivity index (χ0v) is 39.5. The lowest BCUT2D eigenvalue weighted by Gasteiger charge is -2.34. The van der Waals surface area contributed by atoms with E-state index in [0.717, 1.165) is 56.8 Å². The van der Waals surface area contributed by atoms with Crippen LogP contribution >= 0.6 is 0 Å². The van der Waals surface area contributed by atoms with Crippen molar-refractivity contribution in [3.05, 3.63) is 92.2 Å². The summed E-state index contributed by atoms with van der Waals surface area (Å²) in [5.74, 6) is -1.58. The number of amides is 6. The average Bonchev–Trinajstić information content (AvgIpc) is 3.98. The maximum absolute atomic E-state index is 15.1. The monoisotopic (exact) mass is 932 g/mol. The van der Waals surface area contributed by atoms with Crippen LogP contribution in [0.1, 0.15) is 125 Å². The standard InChI is InChI=1S/C48H52F2N10O6.C2H6/c1-26-21-54(4)41(51-3)20-32(26)33-16-28-6-5-12-58(40(28)19-34(33)44(49)50)45-37-24-57(27(2)61)15-11-38(37)60(53-45)31-9-13-56(14-10-31)43(63)25-55-22-29-17-35-36(18-30(29)23-55)48(66)59(47(35)65)39-7-8-42(62)52-46(39)64;1-2/h16-21,31,39,44H,5-15,22-25H2,1-4H3,(H,52,62,64);1-2H3. The van der Waals surface area contributed by atoms with Crippen molar-refractivity contribution >= 4 is 46.9 Å². The van der Waals surface area contributed by atoms with Crippen molar-refractivity contribution in [2.24, 2.45) is 12.0 Å². The highest BCUT2D eigenvalue weighted by Gasteiger charge is 2.46. The van der Waals surface area contributed by atoms with Gasteiger partial charge in [0.25, 0.3) is 18.2 Å². The summed E-state index contributed by atoms with van der Waals surface area (Å²) >= 11 is 0. The van der Waals surface area contributed by atoms with E-state index in [2.05, 4.69) is 19.9 Å². The summed E-state index contributed by atoms with van der Waals surface area (Å²) in [5, 5.41) is 7.51. The van der Waals surface area contributed by atoms with E-state index >= 15 is 8.78 Å². The molecule has 0 radical (unpaired) electrons. The Hall–Kier alpha value is -6.56. The van der Waals surface area contributed by atoms with Crippen molar-refractivity contribution in [2.45, 2.75) is 111 Å². The highest BCUT2D eigenvalue weighted by atomic mass is 19.3. The molecule has 0 spiro atoms. The van der Waals surface area contributed by atoms with Crippen LogP contribution in [0.3, 0.4) is 0 Å². The minimum atomic E-state index is -2.73. The first-order chi connectivity index (χ1) is 32.7. The summed E-state index contributed by atoms with van der Waals surface area (Å²) in [6.07, 6.45) is 2.75. The molecule has 2 saturated heterocycles. The van der Waals surface area contributed by atoms with Gasteiger partial charge in [-0.2, -0.15) is 5.10 Å². The molecule has 1 N–H and O–H groups in total. The second kappa shape index (κ2) is 18.5. The lowest BCUT2D eigenvalue weighted by molar-refractivity contribution is -0.136. The fraction of sp³-hybridized carbons (Fsp3) is 0.480. The third-order valence-corrected chi connectivity index (χ3v) is 14.4. The minimum Gasteiger partial charge on any atom is -0.341 e. The topological polar surface area (TPSA) is 166 Å². The fourth-order valence-corrected chi connectivity index (χ4v) is 11.0. The summed E-state index contributed by atoms with van der Waals surface area (Å²) < 4.78 is 34.2. The average molecular weight is 933 g/mol. The van der Waals surface area contributed by atoms with Crippen LogP contribution in [0.2, 0.25) is 0 Å². The molecule has 16 nitrogen and oxygen atoms in total. The van der Waals surface area contributed by atoms with Crippen molar-refractivity contribution in [3.63, 3.8) is 0 Å². The lowest BCUT2D eigenvalue weighted by Crippen LogP contribution is -2.54. The minimum absolute atomic E-state index is 0.0162. The number of hydrogen-bond acceptors (Lipinski definition) is 10. The second-order valence-corrected chi connectivity index (χ2v) is 18.4. The van der Waals surface area contributed by atoms with Crippen LogP contribution in [0.25, 0.3) is 11.1 Å². The van der Waals surface area contributed by atoms with Crippen LogP contribution in [0.4, 0.5) is 20.3 Å². The molecule has 0 aliphatic carbocycles. The van der Waals surface area contributed by atoms with Crippen molar-refractivity contribution < 1.29 is 37.5 Å². The highest BCUT2D eigenvalue weighted by molar-refractivity contribution is 6.23. The number of imide groups is 2. The molecule has 0 bridgehead atoms. The number of halogens is 2. The molecule has 1 atom stereocenters. The van der Waals surface area contributed by atoms with E-state index in [9.17, 15) is 28.8 Å². The Morgan fingerprint density at radius 2 is 1.50 bits per heavy atom. The number of anilines is 2. The van der Waals surface area contributed by atoms with E-state index < -0.39 is 36.1 Å². The number of nitrogens with zero attached hydrogens (tertiary/aromatic N) is 9. The van der Waals surface area contributed by atoms with Crippen LogP contribution in [0, 0.1) is 6.92 Å². The molecule has 18 heteroatoms. The molecule has 2 aromatic carbocycles. The number of pyridine rings is 1. The second-order valence-electron chi connectivity index (χ2n) is 18.4. The zero-order chi connectivity index (χ0) is 48.3. The van der Waals surface area contributed by atoms with Crippen molar-refractivity contribution in [2.75, 3.05) is 44.7 Å². The number of aryl methyl sites for hydroxylation is 3. The molecule has 2 aromatic heterocycles. The number of carbonyl (C=O) groups excluding carboxylic acids is 6. The fourth-order valence-electron chi connectivity index (χ4n) is 11.0. The first-order valence-corrected chi connectivity index (χ1v) is 23.7. The molecular formula is C50H58F2N10O6. The number of hydrogen-bond donors (Lipinski definition) is 1. The number of benzene rings is 2. The van der Waals surface area contributed by atoms with Crippen LogP contribution in [-0.4, -0.2) is 115 Å². The summed E-state index contributed by atoms with van der Waals surface area (Å²) in [4.78, 5) is 90.7. The summed E-state index contributed by atoms with van der Waals surface area (Å²) in [7, 11) is 3.57. The van der Waals surface area contributed by atoms with Gasteiger partial charge in [-0.1, -0.05) is 13.8 Å². The molecule has 10 rings (SSSR count). The normalized spacial score (nSPS) is 19.8. The van der Waals surface area contributed by atoms with E-state index in [-0.39, 0.29) is 53.9 Å². The molecule has 8 heterocycles. The van der Waals surface area contributed by atoms with Crippen molar-refractivity contribution in [3.8, 4) is 11.1 Å². The van der Waals surface area contributed by atoms with E-state index in [1.54, 1.807) is 32.2 Å². The number of nitrogens with one attached hydrogen (secondary N) is 1. The van der Waals surface area contributed by atoms with Gasteiger partial charge >= 0.3 is 0 Å². The zero-order valence-electron chi connectivity index (χ0n) is 39.5. The Kier molecular flexibility index (Phi) is 12.7. The molecule has 68 heavy (non-hydrogen) atoms. The first kappa shape index (κ1) is 46.5. The van der Waals surface area contributed by atoms with Crippen LogP contribution in [0.15, 0.2) is 41.5 Å². The first-order valence-electron chi connectivity index (χ1n) is 23.7. The Morgan fingerprint density at radius 1 is 0.824 bits per heavy atom. The van der Waals surface area contributed by atoms with E-state index in [0.29, 0.717) is 87.6 Å². The van der Waals surface area contributed by atoms with E-state index in [4.69, 9.17) is 5.10 Å². The maximum atomic E-state index is 15.1. The van der Waals surface area contributed by atoms with Crippen molar-refractivity contribution in [1.29, 1.82) is 0 Å². The number of fused-ring (bicyclic) bond motifs is 4. The number of likely N-dealkylation sites (tertiary alicyclic amines) is 1. The third-order valence-electron chi connectivity index (χ3n) is 14.4. The number of alkyl halides is 2. The number of rotatable bonds is 7. The molecule has 2 fully saturated rings. The van der Waals surface area contributed by atoms with Crippen LogP contribution in [-0.2, 0) is 58.7 Å². The molecule has 358 valence electrons. The van der Waals surface area contributed by atoms with Crippen LogP contribution < -0.4 is 15.7 Å². The summed E-state index contributed by atoms with van der Waals surface area (Å²) in [6, 6.07) is 7.75. The van der Waals surface area contributed by atoms with Gasteiger partial charge in [-0.3, -0.25) is 53.6 Å². The molecule has 6 aliphatic heterocycles. The van der Waals surface area contributed by atoms with Gasteiger partial charge in [-0.15, -0.1) is 0 Å². The molecule has 0 saturated carbocycles. The van der Waals surface area contributed by atoms with Crippen molar-refractivity contribution in [1.82, 2.24) is 39.3 Å². The summed E-state index contributed by atoms with van der Waals surface area (Å²) in [6.45, 7) is 11.0. The Balaban J connectivity index is 0.00000285. The molecular weight excluding hydrogens is 875 g/mol. The quantitative estimate of drug-likeness (QED) is 0.244. The lowest BCUT2D eigenvalue weighted by atomic mass is 9.90. The number of piperidine rings is 2. The van der Waals surface area contributed by atoms with E-state index in [1.807, 2.05) is 65.4 Å². The van der Waals surface area contributed by atoms with Gasteiger partial charge in [0.2, 0.25) is 23.6 Å². The van der Waals surface area contributed by atoms with Gasteiger partial charge in [0, 0.05) is 102 Å². The van der Waals surface area contributed by atoms with Gasteiger partial charge in [0.15, 0.2) is 5.82 Å². The molecule has 6 amide bonds. The Morgan fingerprint density at radius 3 is 2.13 bits per heavy atom. The van der Waals surface area contributed by atoms with Gasteiger partial charge in [0.1, 0.15) is 11.5 Å². The smallest absolute Gasteiger partial charge is 0.264 e. The Labute approximate surface area is 393 Å². The van der Waals surface area contributed by atoms with Gasteiger partial charge in [-0.25, -0.2) is 8.78 Å². The van der Waals surface area contributed by atoms with Gasteiger partial charge in [-0.05, 0) is 103 Å². The highest BCUT2D eigenvalue weighted by Crippen LogP contribution is 2.44. The third kappa shape index (κ3) is 8.19. The number of aromatic nitrogens is 3. The largest absolute Gasteiger partial charge is 0.341 e. The van der Waals surface area contributed by atoms with Crippen LogP contribution in [0.5, 0.6) is 0 Å². The SMILES string of the molecule is CC.CN=c1cc(-c2cc3c(cc2C(F)F)N(c2nn(C4CCN(C(=O)CN5Cc6cc7c(cc6C5)C(=O)N(C5CCC(=O)NC5=O)C7=O)CC4)c4c2CN(C(C)=O)CC4)CCC3)c(C)cn1C. The van der Waals surface area contributed by atoms with Gasteiger partial charge in [0.05, 0.1) is 30.3 Å².